The number of ether oxygens (including phenoxy) is 2. The van der Waals surface area contributed by atoms with E-state index in [4.69, 9.17) is 13.9 Å². The minimum Gasteiger partial charge on any atom is -0.462 e. The van der Waals surface area contributed by atoms with Crippen molar-refractivity contribution in [3.05, 3.63) is 52.1 Å². The fourth-order valence-corrected chi connectivity index (χ4v) is 4.43. The topological polar surface area (TPSA) is 77.8 Å². The lowest BCUT2D eigenvalue weighted by Crippen LogP contribution is -2.32. The lowest BCUT2D eigenvalue weighted by molar-refractivity contribution is -0.0384. The second kappa shape index (κ2) is 7.07. The van der Waals surface area contributed by atoms with Crippen LogP contribution in [0.3, 0.4) is 0 Å². The van der Waals surface area contributed by atoms with Crippen molar-refractivity contribution < 1.29 is 23.5 Å². The van der Waals surface area contributed by atoms with Gasteiger partial charge in [0.2, 0.25) is 0 Å². The molecule has 28 heavy (non-hydrogen) atoms. The average Bonchev–Trinajstić information content (AvgIpc) is 3.22. The number of carbonyl (C=O) groups is 2. The minimum atomic E-state index is -0.433. The van der Waals surface area contributed by atoms with Crippen LogP contribution in [0.25, 0.3) is 11.0 Å². The van der Waals surface area contributed by atoms with Gasteiger partial charge in [-0.15, -0.1) is 11.3 Å². The zero-order chi connectivity index (χ0) is 19.9. The van der Waals surface area contributed by atoms with E-state index in [1.54, 1.807) is 19.1 Å². The Morgan fingerprint density at radius 3 is 2.82 bits per heavy atom. The second-order valence-corrected chi connectivity index (χ2v) is 8.36. The molecule has 1 aromatic carbocycles. The summed E-state index contributed by atoms with van der Waals surface area (Å²) in [5.74, 6) is -0.642. The van der Waals surface area contributed by atoms with Gasteiger partial charge in [0.25, 0.3) is 5.91 Å². The molecule has 0 unspecified atom stereocenters. The summed E-state index contributed by atoms with van der Waals surface area (Å²) >= 11 is 1.35. The van der Waals surface area contributed by atoms with Gasteiger partial charge < -0.3 is 19.2 Å². The number of hydrogen-bond acceptors (Lipinski definition) is 6. The summed E-state index contributed by atoms with van der Waals surface area (Å²) in [6, 6.07) is 9.10. The zero-order valence-electron chi connectivity index (χ0n) is 16.0. The number of furan rings is 1. The molecule has 3 aromatic rings. The summed E-state index contributed by atoms with van der Waals surface area (Å²) in [5.41, 5.74) is 1.57. The van der Waals surface area contributed by atoms with Crippen molar-refractivity contribution in [1.29, 1.82) is 0 Å². The fraction of sp³-hybridized carbons (Fsp3) is 0.333. The molecule has 3 heterocycles. The number of amides is 1. The monoisotopic (exact) mass is 399 g/mol. The number of esters is 1. The summed E-state index contributed by atoms with van der Waals surface area (Å²) < 4.78 is 16.7. The quantitative estimate of drug-likeness (QED) is 0.639. The van der Waals surface area contributed by atoms with Gasteiger partial charge in [0.05, 0.1) is 24.4 Å². The number of thiophene rings is 1. The van der Waals surface area contributed by atoms with Gasteiger partial charge >= 0.3 is 5.97 Å². The van der Waals surface area contributed by atoms with Crippen LogP contribution in [0.1, 0.15) is 52.1 Å². The van der Waals surface area contributed by atoms with Gasteiger partial charge in [-0.25, -0.2) is 4.79 Å². The Balaban J connectivity index is 1.69. The number of benzene rings is 1. The summed E-state index contributed by atoms with van der Waals surface area (Å²) in [6.07, 6.45) is 0.577. The zero-order valence-corrected chi connectivity index (χ0v) is 16.8. The normalized spacial score (nSPS) is 15.2. The molecule has 7 heteroatoms. The van der Waals surface area contributed by atoms with Gasteiger partial charge in [-0.2, -0.15) is 0 Å². The molecular formula is C21H21NO5S. The third-order valence-corrected chi connectivity index (χ3v) is 5.76. The van der Waals surface area contributed by atoms with Gasteiger partial charge in [0, 0.05) is 16.7 Å². The van der Waals surface area contributed by atoms with E-state index in [0.29, 0.717) is 29.2 Å². The Kier molecular flexibility index (Phi) is 4.72. The summed E-state index contributed by atoms with van der Waals surface area (Å²) in [6.45, 7) is 6.39. The first kappa shape index (κ1) is 18.7. The molecule has 6 nitrogen and oxygen atoms in total. The third kappa shape index (κ3) is 3.43. The lowest BCUT2D eigenvalue weighted by atomic mass is 9.93. The lowest BCUT2D eigenvalue weighted by Gasteiger charge is -2.30. The SMILES string of the molecule is CCOC(=O)c1c(NC(=O)c2cc3ccccc3o2)sc2c1CC(C)(C)OC2. The maximum absolute atomic E-state index is 12.8. The molecule has 1 aliphatic heterocycles. The number of para-hydroxylation sites is 1. The van der Waals surface area contributed by atoms with Crippen LogP contribution in [0, 0.1) is 0 Å². The minimum absolute atomic E-state index is 0.193. The molecular weight excluding hydrogens is 378 g/mol. The van der Waals surface area contributed by atoms with Crippen LogP contribution in [0.2, 0.25) is 0 Å². The van der Waals surface area contributed by atoms with Crippen molar-refractivity contribution in [2.24, 2.45) is 0 Å². The van der Waals surface area contributed by atoms with Crippen LogP contribution in [0.5, 0.6) is 0 Å². The Bertz CT molecular complexity index is 1030. The average molecular weight is 399 g/mol. The molecule has 0 bridgehead atoms. The second-order valence-electron chi connectivity index (χ2n) is 7.26. The molecule has 146 valence electrons. The van der Waals surface area contributed by atoms with E-state index in [2.05, 4.69) is 5.32 Å². The first-order valence-corrected chi connectivity index (χ1v) is 9.95. The van der Waals surface area contributed by atoms with Crippen LogP contribution in [-0.2, 0) is 22.5 Å². The van der Waals surface area contributed by atoms with E-state index < -0.39 is 11.9 Å². The van der Waals surface area contributed by atoms with E-state index in [0.717, 1.165) is 15.8 Å². The molecule has 0 fully saturated rings. The molecule has 1 amide bonds. The number of anilines is 1. The van der Waals surface area contributed by atoms with Crippen molar-refractivity contribution in [2.45, 2.75) is 39.4 Å². The molecule has 0 saturated heterocycles. The van der Waals surface area contributed by atoms with Crippen molar-refractivity contribution in [3.8, 4) is 0 Å². The molecule has 1 aliphatic rings. The molecule has 0 spiro atoms. The van der Waals surface area contributed by atoms with Crippen molar-refractivity contribution >= 4 is 39.2 Å². The largest absolute Gasteiger partial charge is 0.462 e. The third-order valence-electron chi connectivity index (χ3n) is 4.64. The van der Waals surface area contributed by atoms with Gasteiger partial charge in [0.1, 0.15) is 10.6 Å². The maximum Gasteiger partial charge on any atom is 0.341 e. The predicted molar refractivity (Wildman–Crippen MR) is 107 cm³/mol. The molecule has 4 rings (SSSR count). The predicted octanol–water partition coefficient (Wildman–Crippen LogP) is 4.77. The molecule has 0 radical (unpaired) electrons. The number of rotatable bonds is 4. The van der Waals surface area contributed by atoms with Crippen molar-refractivity contribution in [3.63, 3.8) is 0 Å². The fourth-order valence-electron chi connectivity index (χ4n) is 3.32. The van der Waals surface area contributed by atoms with E-state index in [1.807, 2.05) is 32.0 Å². The smallest absolute Gasteiger partial charge is 0.341 e. The van der Waals surface area contributed by atoms with Crippen LogP contribution >= 0.6 is 11.3 Å². The summed E-state index contributed by atoms with van der Waals surface area (Å²) in [5, 5.41) is 4.16. The van der Waals surface area contributed by atoms with Crippen molar-refractivity contribution in [2.75, 3.05) is 11.9 Å². The Morgan fingerprint density at radius 2 is 2.07 bits per heavy atom. The highest BCUT2D eigenvalue weighted by Gasteiger charge is 2.34. The highest BCUT2D eigenvalue weighted by Crippen LogP contribution is 2.41. The number of carbonyl (C=O) groups excluding carboxylic acids is 2. The molecule has 0 aliphatic carbocycles. The molecule has 1 N–H and O–H groups in total. The summed E-state index contributed by atoms with van der Waals surface area (Å²) in [4.78, 5) is 26.3. The van der Waals surface area contributed by atoms with Crippen LogP contribution in [-0.4, -0.2) is 24.1 Å². The molecule has 0 saturated carbocycles. The van der Waals surface area contributed by atoms with Gasteiger partial charge in [-0.05, 0) is 38.5 Å². The van der Waals surface area contributed by atoms with Crippen LogP contribution in [0.4, 0.5) is 5.00 Å². The number of hydrogen-bond donors (Lipinski definition) is 1. The van der Waals surface area contributed by atoms with E-state index >= 15 is 0 Å². The molecule has 0 atom stereocenters. The van der Waals surface area contributed by atoms with E-state index in [1.165, 1.54) is 11.3 Å². The van der Waals surface area contributed by atoms with E-state index in [-0.39, 0.29) is 18.0 Å². The van der Waals surface area contributed by atoms with Crippen LogP contribution in [0.15, 0.2) is 34.7 Å². The Morgan fingerprint density at radius 1 is 1.29 bits per heavy atom. The van der Waals surface area contributed by atoms with E-state index in [9.17, 15) is 9.59 Å². The van der Waals surface area contributed by atoms with Gasteiger partial charge in [0.15, 0.2) is 5.76 Å². The Labute approximate surface area is 166 Å². The highest BCUT2D eigenvalue weighted by molar-refractivity contribution is 7.17. The first-order valence-electron chi connectivity index (χ1n) is 9.13. The first-order chi connectivity index (χ1) is 13.4. The number of nitrogens with one attached hydrogen (secondary N) is 1. The Hall–Kier alpha value is -2.64. The number of fused-ring (bicyclic) bond motifs is 2. The highest BCUT2D eigenvalue weighted by atomic mass is 32.1. The standard InChI is InChI=1S/C21H21NO5S/c1-4-25-20(24)17-13-10-21(2,3)26-11-16(13)28-19(17)22-18(23)15-9-12-7-5-6-8-14(12)27-15/h5-9H,4,10-11H2,1-3H3,(H,22,23). The molecule has 2 aromatic heterocycles. The van der Waals surface area contributed by atoms with Crippen molar-refractivity contribution in [1.82, 2.24) is 0 Å². The summed E-state index contributed by atoms with van der Waals surface area (Å²) in [7, 11) is 0. The van der Waals surface area contributed by atoms with Gasteiger partial charge in [-0.3, -0.25) is 4.79 Å². The van der Waals surface area contributed by atoms with Crippen LogP contribution < -0.4 is 5.32 Å². The van der Waals surface area contributed by atoms with Gasteiger partial charge in [-0.1, -0.05) is 18.2 Å². The maximum atomic E-state index is 12.8.